The molecule has 1 aliphatic rings. The van der Waals surface area contributed by atoms with Crippen LogP contribution in [0.1, 0.15) is 11.1 Å². The minimum atomic E-state index is -0.551. The van der Waals surface area contributed by atoms with Crippen molar-refractivity contribution in [2.45, 2.75) is 5.75 Å². The molecule has 3 nitrogen and oxygen atoms in total. The van der Waals surface area contributed by atoms with Crippen LogP contribution in [0, 0.1) is 5.82 Å². The Bertz CT molecular complexity index is 1180. The summed E-state index contributed by atoms with van der Waals surface area (Å²) in [5.74, 6) is -1.11. The third kappa shape index (κ3) is 4.01. The Morgan fingerprint density at radius 2 is 1.63 bits per heavy atom. The van der Waals surface area contributed by atoms with Gasteiger partial charge in [-0.05, 0) is 35.9 Å². The average Bonchev–Trinajstić information content (AvgIpc) is 2.97. The van der Waals surface area contributed by atoms with E-state index in [4.69, 9.17) is 23.2 Å². The number of halogens is 3. The standard InChI is InChI=1S/C23H14Cl2FNO2S/c24-15-9-10-18(19(25)11-15)20-21(30-13-14-5-2-1-3-6-14)23(29)27(22(20)28)17-8-4-7-16(26)12-17/h1-12H,13H2. The Balaban J connectivity index is 1.79. The molecule has 3 aromatic carbocycles. The van der Waals surface area contributed by atoms with Gasteiger partial charge in [0.1, 0.15) is 5.82 Å². The van der Waals surface area contributed by atoms with Crippen molar-refractivity contribution in [3.8, 4) is 0 Å². The van der Waals surface area contributed by atoms with Crippen LogP contribution in [0.25, 0.3) is 5.57 Å². The number of carbonyl (C=O) groups is 2. The molecular weight excluding hydrogens is 444 g/mol. The maximum Gasteiger partial charge on any atom is 0.272 e. The highest BCUT2D eigenvalue weighted by Gasteiger charge is 2.41. The predicted octanol–water partition coefficient (Wildman–Crippen LogP) is 6.35. The van der Waals surface area contributed by atoms with Crippen molar-refractivity contribution in [3.05, 3.63) is 105 Å². The van der Waals surface area contributed by atoms with E-state index in [0.717, 1.165) is 16.5 Å². The van der Waals surface area contributed by atoms with E-state index in [2.05, 4.69) is 0 Å². The largest absolute Gasteiger partial charge is 0.272 e. The molecule has 150 valence electrons. The summed E-state index contributed by atoms with van der Waals surface area (Å²) in [6.07, 6.45) is 0. The first-order valence-corrected chi connectivity index (χ1v) is 10.7. The predicted molar refractivity (Wildman–Crippen MR) is 120 cm³/mol. The van der Waals surface area contributed by atoms with Crippen molar-refractivity contribution in [1.82, 2.24) is 0 Å². The maximum absolute atomic E-state index is 13.8. The average molecular weight is 458 g/mol. The maximum atomic E-state index is 13.8. The topological polar surface area (TPSA) is 37.4 Å². The van der Waals surface area contributed by atoms with Crippen molar-refractivity contribution in [2.24, 2.45) is 0 Å². The van der Waals surface area contributed by atoms with E-state index >= 15 is 0 Å². The number of imide groups is 1. The lowest BCUT2D eigenvalue weighted by Crippen LogP contribution is -2.31. The van der Waals surface area contributed by atoms with Gasteiger partial charge >= 0.3 is 0 Å². The third-order valence-electron chi connectivity index (χ3n) is 4.53. The molecule has 0 atom stereocenters. The molecule has 0 saturated heterocycles. The third-order valence-corrected chi connectivity index (χ3v) is 6.23. The van der Waals surface area contributed by atoms with Crippen LogP contribution >= 0.6 is 35.0 Å². The Morgan fingerprint density at radius 3 is 2.33 bits per heavy atom. The van der Waals surface area contributed by atoms with E-state index < -0.39 is 17.6 Å². The van der Waals surface area contributed by atoms with Crippen LogP contribution in [0.2, 0.25) is 10.0 Å². The summed E-state index contributed by atoms with van der Waals surface area (Å²) in [6, 6.07) is 19.7. The SMILES string of the molecule is O=C1C(SCc2ccccc2)=C(c2ccc(Cl)cc2Cl)C(=O)N1c1cccc(F)c1. The fraction of sp³-hybridized carbons (Fsp3) is 0.0435. The Labute approximate surface area is 187 Å². The number of anilines is 1. The van der Waals surface area contributed by atoms with Crippen LogP contribution in [0.15, 0.2) is 77.7 Å². The van der Waals surface area contributed by atoms with Crippen LogP contribution in [0.5, 0.6) is 0 Å². The Kier molecular flexibility index (Phi) is 5.95. The number of amides is 2. The van der Waals surface area contributed by atoms with E-state index in [1.54, 1.807) is 12.1 Å². The summed E-state index contributed by atoms with van der Waals surface area (Å²) < 4.78 is 13.8. The first-order chi connectivity index (χ1) is 14.5. The minimum Gasteiger partial charge on any atom is -0.268 e. The normalized spacial score (nSPS) is 14.0. The fourth-order valence-corrected chi connectivity index (χ4v) is 4.72. The zero-order valence-electron chi connectivity index (χ0n) is 15.4. The number of hydrogen-bond acceptors (Lipinski definition) is 3. The van der Waals surface area contributed by atoms with Crippen LogP contribution < -0.4 is 4.90 Å². The van der Waals surface area contributed by atoms with Crippen LogP contribution in [0.3, 0.4) is 0 Å². The Morgan fingerprint density at radius 1 is 0.867 bits per heavy atom. The summed E-state index contributed by atoms with van der Waals surface area (Å²) in [4.78, 5) is 27.8. The van der Waals surface area contributed by atoms with Gasteiger partial charge < -0.3 is 0 Å². The van der Waals surface area contributed by atoms with Crippen molar-refractivity contribution >= 4 is 58.0 Å². The smallest absolute Gasteiger partial charge is 0.268 e. The van der Waals surface area contributed by atoms with E-state index in [1.165, 1.54) is 36.0 Å². The van der Waals surface area contributed by atoms with Crippen molar-refractivity contribution in [1.29, 1.82) is 0 Å². The highest BCUT2D eigenvalue weighted by atomic mass is 35.5. The first kappa shape index (κ1) is 20.7. The Hall–Kier alpha value is -2.60. The van der Waals surface area contributed by atoms with Gasteiger partial charge in [-0.15, -0.1) is 11.8 Å². The van der Waals surface area contributed by atoms with Gasteiger partial charge in [-0.3, -0.25) is 9.59 Å². The van der Waals surface area contributed by atoms with E-state index in [0.29, 0.717) is 16.3 Å². The van der Waals surface area contributed by atoms with Gasteiger partial charge in [-0.1, -0.05) is 65.7 Å². The molecule has 1 aliphatic heterocycles. The minimum absolute atomic E-state index is 0.169. The second-order valence-corrected chi connectivity index (χ2v) is 8.36. The van der Waals surface area contributed by atoms with Gasteiger partial charge in [-0.2, -0.15) is 0 Å². The van der Waals surface area contributed by atoms with E-state index in [9.17, 15) is 14.0 Å². The molecule has 1 heterocycles. The van der Waals surface area contributed by atoms with Crippen LogP contribution in [-0.4, -0.2) is 11.8 Å². The van der Waals surface area contributed by atoms with Gasteiger partial charge in [0.2, 0.25) is 0 Å². The molecule has 7 heteroatoms. The first-order valence-electron chi connectivity index (χ1n) is 8.96. The number of carbonyl (C=O) groups excluding carboxylic acids is 2. The second-order valence-electron chi connectivity index (χ2n) is 6.53. The molecule has 0 fully saturated rings. The van der Waals surface area contributed by atoms with Gasteiger partial charge in [-0.25, -0.2) is 9.29 Å². The van der Waals surface area contributed by atoms with Crippen LogP contribution in [-0.2, 0) is 15.3 Å². The molecule has 4 rings (SSSR count). The number of nitrogens with zero attached hydrogens (tertiary/aromatic N) is 1. The molecule has 0 spiro atoms. The molecule has 0 aromatic heterocycles. The number of benzene rings is 3. The highest BCUT2D eigenvalue weighted by molar-refractivity contribution is 8.03. The van der Waals surface area contributed by atoms with Crippen LogP contribution in [0.4, 0.5) is 10.1 Å². The van der Waals surface area contributed by atoms with Gasteiger partial charge in [0.25, 0.3) is 11.8 Å². The summed E-state index contributed by atoms with van der Waals surface area (Å²) in [7, 11) is 0. The monoisotopic (exact) mass is 457 g/mol. The summed E-state index contributed by atoms with van der Waals surface area (Å²) in [5.41, 5.74) is 1.77. The van der Waals surface area contributed by atoms with E-state index in [-0.39, 0.29) is 21.2 Å². The number of thioether (sulfide) groups is 1. The highest BCUT2D eigenvalue weighted by Crippen LogP contribution is 2.42. The van der Waals surface area contributed by atoms with Gasteiger partial charge in [0.15, 0.2) is 0 Å². The zero-order chi connectivity index (χ0) is 21.3. The molecule has 0 N–H and O–H groups in total. The second kappa shape index (κ2) is 8.64. The molecule has 0 unspecified atom stereocenters. The molecule has 0 bridgehead atoms. The molecule has 30 heavy (non-hydrogen) atoms. The fourth-order valence-electron chi connectivity index (χ4n) is 3.15. The summed E-state index contributed by atoms with van der Waals surface area (Å²) >= 11 is 13.6. The lowest BCUT2D eigenvalue weighted by atomic mass is 10.1. The lowest BCUT2D eigenvalue weighted by molar-refractivity contribution is -0.119. The quantitative estimate of drug-likeness (QED) is 0.418. The molecule has 0 saturated carbocycles. The number of hydrogen-bond donors (Lipinski definition) is 0. The number of rotatable bonds is 5. The summed E-state index contributed by atoms with van der Waals surface area (Å²) in [6.45, 7) is 0. The summed E-state index contributed by atoms with van der Waals surface area (Å²) in [5, 5.41) is 0.680. The van der Waals surface area contributed by atoms with Gasteiger partial charge in [0.05, 0.1) is 21.2 Å². The van der Waals surface area contributed by atoms with E-state index in [1.807, 2.05) is 30.3 Å². The van der Waals surface area contributed by atoms with Gasteiger partial charge in [0, 0.05) is 16.3 Å². The van der Waals surface area contributed by atoms with Crippen molar-refractivity contribution < 1.29 is 14.0 Å². The van der Waals surface area contributed by atoms with Crippen molar-refractivity contribution in [3.63, 3.8) is 0 Å². The molecule has 0 radical (unpaired) electrons. The molecular formula is C23H14Cl2FNO2S. The molecule has 2 amide bonds. The zero-order valence-corrected chi connectivity index (χ0v) is 17.8. The molecule has 3 aromatic rings. The van der Waals surface area contributed by atoms with Crippen molar-refractivity contribution in [2.75, 3.05) is 4.90 Å². The lowest BCUT2D eigenvalue weighted by Gasteiger charge is -2.15. The molecule has 0 aliphatic carbocycles.